The zero-order valence-corrected chi connectivity index (χ0v) is 17.6. The van der Waals surface area contributed by atoms with E-state index in [2.05, 4.69) is 34.9 Å². The van der Waals surface area contributed by atoms with E-state index in [1.165, 1.54) is 11.8 Å². The number of amides is 2. The van der Waals surface area contributed by atoms with E-state index in [9.17, 15) is 14.4 Å². The van der Waals surface area contributed by atoms with Crippen LogP contribution in [0.2, 0.25) is 0 Å². The highest BCUT2D eigenvalue weighted by atomic mass is 32.2. The summed E-state index contributed by atoms with van der Waals surface area (Å²) in [6.45, 7) is -0.140. The molecule has 4 N–H and O–H groups in total. The Bertz CT molecular complexity index is 906. The molecule has 9 heteroatoms. The first-order chi connectivity index (χ1) is 15.0. The predicted octanol–water partition coefficient (Wildman–Crippen LogP) is 1.82. The van der Waals surface area contributed by atoms with Crippen LogP contribution in [0.3, 0.4) is 0 Å². The molecule has 1 unspecified atom stereocenters. The van der Waals surface area contributed by atoms with Crippen LogP contribution in [0.1, 0.15) is 17.0 Å². The fourth-order valence-corrected chi connectivity index (χ4v) is 4.12. The van der Waals surface area contributed by atoms with Gasteiger partial charge < -0.3 is 25.6 Å². The monoisotopic (exact) mass is 444 g/mol. The second kappa shape index (κ2) is 10.8. The first-order valence-corrected chi connectivity index (χ1v) is 11.0. The number of hydrogen-bond acceptors (Lipinski definition) is 6. The van der Waals surface area contributed by atoms with Crippen molar-refractivity contribution in [2.24, 2.45) is 0 Å². The van der Waals surface area contributed by atoms with E-state index < -0.39 is 30.6 Å². The molecule has 0 saturated carbocycles. The van der Waals surface area contributed by atoms with E-state index in [1.807, 2.05) is 24.3 Å². The Morgan fingerprint density at radius 1 is 1.03 bits per heavy atom. The molecule has 8 nitrogen and oxygen atoms in total. The Hall–Kier alpha value is -3.04. The molecule has 1 atom stereocenters. The summed E-state index contributed by atoms with van der Waals surface area (Å²) in [6.07, 6.45) is -0.530. The maximum Gasteiger partial charge on any atom is 0.407 e. The number of nitrogens with one attached hydrogen (secondary N) is 2. The standard InChI is InChI=1S/C22H24N2O6S/c25-11-19(21(27)28)24-20(26)13-31-10-9-23-22(29)30-12-18-16-7-3-1-5-14(16)15-6-2-4-8-17(15)18/h1-8,18-19,25H,9-13H2,(H,23,29)(H,24,26)(H,27,28). The lowest BCUT2D eigenvalue weighted by Crippen LogP contribution is -2.44. The third kappa shape index (κ3) is 5.77. The van der Waals surface area contributed by atoms with Crippen LogP contribution < -0.4 is 10.6 Å². The molecule has 0 fully saturated rings. The molecule has 164 valence electrons. The van der Waals surface area contributed by atoms with Gasteiger partial charge in [0.05, 0.1) is 12.4 Å². The van der Waals surface area contributed by atoms with Crippen LogP contribution in [0.5, 0.6) is 0 Å². The van der Waals surface area contributed by atoms with Crippen LogP contribution in [0.25, 0.3) is 11.1 Å². The number of benzene rings is 2. The minimum absolute atomic E-state index is 0.00933. The second-order valence-corrected chi connectivity index (χ2v) is 8.05. The van der Waals surface area contributed by atoms with Crippen LogP contribution in [-0.2, 0) is 14.3 Å². The lowest BCUT2D eigenvalue weighted by atomic mass is 9.98. The van der Waals surface area contributed by atoms with Gasteiger partial charge in [-0.3, -0.25) is 4.79 Å². The van der Waals surface area contributed by atoms with Crippen LogP contribution in [0, 0.1) is 0 Å². The van der Waals surface area contributed by atoms with Gasteiger partial charge in [0.1, 0.15) is 12.6 Å². The fourth-order valence-electron chi connectivity index (χ4n) is 3.46. The van der Waals surface area contributed by atoms with Crippen LogP contribution in [-0.4, -0.2) is 65.5 Å². The quantitative estimate of drug-likeness (QED) is 0.412. The smallest absolute Gasteiger partial charge is 0.407 e. The summed E-state index contributed by atoms with van der Waals surface area (Å²) >= 11 is 1.24. The molecular formula is C22H24N2O6S. The highest BCUT2D eigenvalue weighted by Crippen LogP contribution is 2.44. The van der Waals surface area contributed by atoms with Gasteiger partial charge in [-0.1, -0.05) is 48.5 Å². The van der Waals surface area contributed by atoms with Crippen molar-refractivity contribution in [2.45, 2.75) is 12.0 Å². The SMILES string of the molecule is O=C(CSCCNC(=O)OCC1c2ccccc2-c2ccccc21)NC(CO)C(=O)O. The van der Waals surface area contributed by atoms with Gasteiger partial charge in [-0.05, 0) is 22.3 Å². The summed E-state index contributed by atoms with van der Waals surface area (Å²) in [5.41, 5.74) is 4.60. The Kier molecular flexibility index (Phi) is 7.91. The number of hydrogen-bond donors (Lipinski definition) is 4. The first-order valence-electron chi connectivity index (χ1n) is 9.81. The summed E-state index contributed by atoms with van der Waals surface area (Å²) in [6, 6.07) is 14.9. The van der Waals surface area contributed by atoms with Gasteiger partial charge in [0, 0.05) is 18.2 Å². The van der Waals surface area contributed by atoms with Crippen molar-refractivity contribution in [1.29, 1.82) is 0 Å². The number of carbonyl (C=O) groups excluding carboxylic acids is 2. The number of fused-ring (bicyclic) bond motifs is 3. The van der Waals surface area contributed by atoms with Gasteiger partial charge in [-0.2, -0.15) is 11.8 Å². The molecule has 2 aromatic rings. The van der Waals surface area contributed by atoms with E-state index in [1.54, 1.807) is 0 Å². The largest absolute Gasteiger partial charge is 0.480 e. The normalized spacial score (nSPS) is 13.1. The van der Waals surface area contributed by atoms with Gasteiger partial charge in [-0.25, -0.2) is 9.59 Å². The summed E-state index contributed by atoms with van der Waals surface area (Å²) in [5, 5.41) is 22.5. The molecule has 0 saturated heterocycles. The molecule has 0 radical (unpaired) electrons. The van der Waals surface area contributed by atoms with E-state index in [0.29, 0.717) is 12.3 Å². The number of thioether (sulfide) groups is 1. The average molecular weight is 445 g/mol. The maximum absolute atomic E-state index is 12.1. The molecule has 0 heterocycles. The molecule has 0 aromatic heterocycles. The Balaban J connectivity index is 1.39. The molecule has 2 aromatic carbocycles. The molecule has 2 amide bonds. The first kappa shape index (κ1) is 22.6. The highest BCUT2D eigenvalue weighted by molar-refractivity contribution is 7.99. The van der Waals surface area contributed by atoms with E-state index in [-0.39, 0.29) is 18.3 Å². The molecular weight excluding hydrogens is 420 g/mol. The van der Waals surface area contributed by atoms with Crippen molar-refractivity contribution in [3.8, 4) is 11.1 Å². The van der Waals surface area contributed by atoms with E-state index in [0.717, 1.165) is 22.3 Å². The summed E-state index contributed by atoms with van der Waals surface area (Å²) in [5.74, 6) is -1.32. The molecule has 0 aliphatic heterocycles. The van der Waals surface area contributed by atoms with Crippen molar-refractivity contribution in [2.75, 3.05) is 31.3 Å². The lowest BCUT2D eigenvalue weighted by Gasteiger charge is -2.14. The summed E-state index contributed by atoms with van der Waals surface area (Å²) in [7, 11) is 0. The van der Waals surface area contributed by atoms with Gasteiger partial charge in [0.15, 0.2) is 0 Å². The zero-order chi connectivity index (χ0) is 22.2. The Labute approximate surface area is 184 Å². The van der Waals surface area contributed by atoms with Crippen molar-refractivity contribution in [3.63, 3.8) is 0 Å². The number of aliphatic hydroxyl groups is 1. The number of carboxylic acid groups (broad SMARTS) is 1. The van der Waals surface area contributed by atoms with Gasteiger partial charge >= 0.3 is 12.1 Å². The summed E-state index contributed by atoms with van der Waals surface area (Å²) < 4.78 is 5.43. The third-order valence-electron chi connectivity index (χ3n) is 4.91. The fraction of sp³-hybridized carbons (Fsp3) is 0.318. The van der Waals surface area contributed by atoms with E-state index in [4.69, 9.17) is 14.9 Å². The minimum atomic E-state index is -1.31. The average Bonchev–Trinajstić information content (AvgIpc) is 3.09. The van der Waals surface area contributed by atoms with Crippen LogP contribution in [0.15, 0.2) is 48.5 Å². The zero-order valence-electron chi connectivity index (χ0n) is 16.7. The molecule has 0 spiro atoms. The van der Waals surface area contributed by atoms with Crippen molar-refractivity contribution in [1.82, 2.24) is 10.6 Å². The molecule has 0 bridgehead atoms. The number of carbonyl (C=O) groups is 3. The van der Waals surface area contributed by atoms with Gasteiger partial charge in [0.25, 0.3) is 0 Å². The van der Waals surface area contributed by atoms with Crippen molar-refractivity contribution >= 4 is 29.7 Å². The number of rotatable bonds is 10. The second-order valence-electron chi connectivity index (χ2n) is 6.95. The number of aliphatic carboxylic acids is 1. The van der Waals surface area contributed by atoms with E-state index >= 15 is 0 Å². The highest BCUT2D eigenvalue weighted by Gasteiger charge is 2.28. The predicted molar refractivity (Wildman–Crippen MR) is 117 cm³/mol. The Morgan fingerprint density at radius 2 is 1.65 bits per heavy atom. The van der Waals surface area contributed by atoms with Crippen LogP contribution in [0.4, 0.5) is 4.79 Å². The number of ether oxygens (including phenoxy) is 1. The number of carboxylic acids is 1. The van der Waals surface area contributed by atoms with Gasteiger partial charge in [-0.15, -0.1) is 0 Å². The van der Waals surface area contributed by atoms with Crippen molar-refractivity contribution in [3.05, 3.63) is 59.7 Å². The summed E-state index contributed by atoms with van der Waals surface area (Å²) in [4.78, 5) is 34.5. The topological polar surface area (TPSA) is 125 Å². The van der Waals surface area contributed by atoms with Gasteiger partial charge in [0.2, 0.25) is 5.91 Å². The number of alkyl carbamates (subject to hydrolysis) is 1. The third-order valence-corrected chi connectivity index (χ3v) is 5.87. The Morgan fingerprint density at radius 3 is 2.23 bits per heavy atom. The number of aliphatic hydroxyl groups excluding tert-OH is 1. The molecule has 3 rings (SSSR count). The van der Waals surface area contributed by atoms with Crippen molar-refractivity contribution < 1.29 is 29.3 Å². The minimum Gasteiger partial charge on any atom is -0.480 e. The molecule has 1 aliphatic rings. The maximum atomic E-state index is 12.1. The molecule has 31 heavy (non-hydrogen) atoms. The molecule has 1 aliphatic carbocycles. The van der Waals surface area contributed by atoms with Crippen LogP contribution >= 0.6 is 11.8 Å². The lowest BCUT2D eigenvalue weighted by molar-refractivity contribution is -0.142.